The lowest BCUT2D eigenvalue weighted by Crippen LogP contribution is -2.37. The number of amides is 2. The van der Waals surface area contributed by atoms with Crippen LogP contribution in [0.3, 0.4) is 0 Å². The minimum Gasteiger partial charge on any atom is -0.493 e. The zero-order valence-electron chi connectivity index (χ0n) is 22.0. The highest BCUT2D eigenvalue weighted by Crippen LogP contribution is 2.35. The van der Waals surface area contributed by atoms with Crippen LogP contribution in [0.15, 0.2) is 46.9 Å². The van der Waals surface area contributed by atoms with Gasteiger partial charge in [-0.05, 0) is 55.7 Å². The summed E-state index contributed by atoms with van der Waals surface area (Å²) >= 11 is 3.55. The number of ether oxygens (including phenoxy) is 2. The van der Waals surface area contributed by atoms with Crippen molar-refractivity contribution in [3.63, 3.8) is 0 Å². The largest absolute Gasteiger partial charge is 0.493 e. The average molecular weight is 542 g/mol. The van der Waals surface area contributed by atoms with Gasteiger partial charge in [0.25, 0.3) is 5.91 Å². The Hall–Kier alpha value is -2.45. The van der Waals surface area contributed by atoms with Crippen LogP contribution in [-0.2, 0) is 9.59 Å². The molecule has 1 aliphatic heterocycles. The van der Waals surface area contributed by atoms with Gasteiger partial charge in [-0.25, -0.2) is 4.79 Å². The molecule has 0 bridgehead atoms. The topological polar surface area (TPSA) is 67.6 Å². The molecule has 1 saturated carbocycles. The summed E-state index contributed by atoms with van der Waals surface area (Å²) in [5, 5.41) is 3.82. The summed E-state index contributed by atoms with van der Waals surface area (Å²) in [6.07, 6.45) is 15.3. The van der Waals surface area contributed by atoms with Crippen molar-refractivity contribution in [2.75, 3.05) is 33.1 Å². The monoisotopic (exact) mass is 541 g/mol. The summed E-state index contributed by atoms with van der Waals surface area (Å²) in [6.45, 7) is 3.15. The van der Waals surface area contributed by atoms with Crippen LogP contribution in [0.5, 0.6) is 11.5 Å². The molecule has 8 heteroatoms. The Morgan fingerprint density at radius 3 is 2.81 bits per heavy atom. The van der Waals surface area contributed by atoms with Gasteiger partial charge in [-0.2, -0.15) is 16.3 Å². The van der Waals surface area contributed by atoms with Crippen LogP contribution in [-0.4, -0.2) is 65.7 Å². The van der Waals surface area contributed by atoms with E-state index in [1.54, 1.807) is 18.7 Å². The second kappa shape index (κ2) is 13.4. The van der Waals surface area contributed by atoms with Crippen molar-refractivity contribution in [2.24, 2.45) is 0 Å². The van der Waals surface area contributed by atoms with Gasteiger partial charge in [0.2, 0.25) is 5.71 Å². The number of allylic oxidation sites excluding steroid dienone is 1. The van der Waals surface area contributed by atoms with Gasteiger partial charge in [0.15, 0.2) is 11.5 Å². The first-order valence-corrected chi connectivity index (χ1v) is 15.1. The second-order valence-corrected chi connectivity index (χ2v) is 12.0. The minimum atomic E-state index is -0.0878. The number of carbonyl (C=O) groups excluding carboxylic acids is 2. The molecular formula is C29H37N2O4S2+. The number of benzene rings is 1. The molecular weight excluding hydrogens is 504 g/mol. The zero-order valence-corrected chi connectivity index (χ0v) is 23.6. The van der Waals surface area contributed by atoms with Crippen molar-refractivity contribution in [1.82, 2.24) is 5.32 Å². The SMILES string of the molecule is CCOc1ccc(/C=C2/SC3C=CC(C(=O)NCCCSC4CCCCC4)=CC3=[N+](C)C2=O)cc1OC. The minimum absolute atomic E-state index is 0.0259. The van der Waals surface area contributed by atoms with Gasteiger partial charge < -0.3 is 14.8 Å². The number of carbonyl (C=O) groups is 2. The van der Waals surface area contributed by atoms with Crippen LogP contribution in [0.1, 0.15) is 51.0 Å². The Morgan fingerprint density at radius 2 is 2.05 bits per heavy atom. The fraction of sp³-hybridized carbons (Fsp3) is 0.483. The molecule has 37 heavy (non-hydrogen) atoms. The van der Waals surface area contributed by atoms with Gasteiger partial charge in [-0.3, -0.25) is 4.79 Å². The van der Waals surface area contributed by atoms with Crippen LogP contribution in [0, 0.1) is 0 Å². The van der Waals surface area contributed by atoms with Gasteiger partial charge in [0.1, 0.15) is 17.2 Å². The number of thioether (sulfide) groups is 2. The van der Waals surface area contributed by atoms with Gasteiger partial charge in [-0.15, -0.1) is 0 Å². The van der Waals surface area contributed by atoms with E-state index in [9.17, 15) is 9.59 Å². The fourth-order valence-corrected chi connectivity index (χ4v) is 7.26. The quantitative estimate of drug-likeness (QED) is 0.249. The van der Waals surface area contributed by atoms with E-state index < -0.39 is 0 Å². The Labute approximate surface area is 228 Å². The van der Waals surface area contributed by atoms with E-state index in [1.165, 1.54) is 43.9 Å². The third-order valence-corrected chi connectivity index (χ3v) is 9.43. The molecule has 1 aromatic rings. The summed E-state index contributed by atoms with van der Waals surface area (Å²) in [5.74, 6) is 2.22. The Kier molecular flexibility index (Phi) is 9.97. The van der Waals surface area contributed by atoms with Crippen LogP contribution in [0.2, 0.25) is 0 Å². The number of nitrogens with zero attached hydrogens (tertiary/aromatic N) is 1. The number of fused-ring (bicyclic) bond motifs is 1. The highest BCUT2D eigenvalue weighted by atomic mass is 32.2. The number of methoxy groups -OCH3 is 1. The Bertz CT molecular complexity index is 1130. The summed E-state index contributed by atoms with van der Waals surface area (Å²) in [7, 11) is 3.37. The van der Waals surface area contributed by atoms with Crippen molar-refractivity contribution < 1.29 is 23.6 Å². The Balaban J connectivity index is 1.37. The number of hydrogen-bond donors (Lipinski definition) is 1. The number of likely N-dealkylation sites (N-methyl/N-ethyl adjacent to an activating group) is 1. The van der Waals surface area contributed by atoms with Crippen molar-refractivity contribution >= 4 is 47.1 Å². The first kappa shape index (κ1) is 27.6. The van der Waals surface area contributed by atoms with Crippen molar-refractivity contribution in [1.29, 1.82) is 0 Å². The highest BCUT2D eigenvalue weighted by molar-refractivity contribution is 8.05. The van der Waals surface area contributed by atoms with E-state index >= 15 is 0 Å². The summed E-state index contributed by atoms with van der Waals surface area (Å²) < 4.78 is 12.7. The van der Waals surface area contributed by atoms with Gasteiger partial charge in [-0.1, -0.05) is 49.2 Å². The molecule has 0 saturated heterocycles. The molecule has 1 fully saturated rings. The first-order valence-electron chi connectivity index (χ1n) is 13.1. The lowest BCUT2D eigenvalue weighted by atomic mass is 10.0. The maximum Gasteiger partial charge on any atom is 0.425 e. The lowest BCUT2D eigenvalue weighted by Gasteiger charge is -2.21. The number of hydrogen-bond acceptors (Lipinski definition) is 6. The maximum absolute atomic E-state index is 13.2. The smallest absolute Gasteiger partial charge is 0.425 e. The molecule has 4 rings (SSSR count). The van der Waals surface area contributed by atoms with Gasteiger partial charge >= 0.3 is 5.91 Å². The van der Waals surface area contributed by atoms with E-state index in [0.717, 1.165) is 28.7 Å². The van der Waals surface area contributed by atoms with Crippen LogP contribution < -0.4 is 14.8 Å². The van der Waals surface area contributed by atoms with E-state index in [-0.39, 0.29) is 17.1 Å². The molecule has 1 N–H and O–H groups in total. The second-order valence-electron chi connectivity index (χ2n) is 9.38. The summed E-state index contributed by atoms with van der Waals surface area (Å²) in [4.78, 5) is 26.6. The molecule has 0 spiro atoms. The highest BCUT2D eigenvalue weighted by Gasteiger charge is 2.38. The third-order valence-electron chi connectivity index (χ3n) is 6.76. The molecule has 2 amide bonds. The van der Waals surface area contributed by atoms with E-state index in [4.69, 9.17) is 9.47 Å². The first-order chi connectivity index (χ1) is 18.0. The van der Waals surface area contributed by atoms with Crippen molar-refractivity contribution in [3.8, 4) is 11.5 Å². The van der Waals surface area contributed by atoms with Crippen molar-refractivity contribution in [3.05, 3.63) is 52.5 Å². The maximum atomic E-state index is 13.2. The third kappa shape index (κ3) is 7.11. The standard InChI is InChI=1S/C29H36N2O4S2/c1-4-35-24-13-11-20(17-25(24)34-3)18-27-29(33)31(2)23-19-21(12-14-26(23)37-27)28(32)30-15-8-16-36-22-9-6-5-7-10-22/h11-14,17-19,22,26H,4-10,15-16H2,1-3H3/p+1/b27-18+. The molecule has 0 aromatic heterocycles. The van der Waals surface area contributed by atoms with Crippen LogP contribution >= 0.6 is 23.5 Å². The van der Waals surface area contributed by atoms with Crippen LogP contribution in [0.25, 0.3) is 6.08 Å². The van der Waals surface area contributed by atoms with Crippen molar-refractivity contribution in [2.45, 2.75) is 55.9 Å². The van der Waals surface area contributed by atoms with E-state index in [0.29, 0.717) is 35.1 Å². The molecule has 198 valence electrons. The predicted molar refractivity (Wildman–Crippen MR) is 154 cm³/mol. The zero-order chi connectivity index (χ0) is 26.2. The molecule has 0 radical (unpaired) electrons. The molecule has 6 nitrogen and oxygen atoms in total. The van der Waals surface area contributed by atoms with E-state index in [1.807, 2.05) is 49.4 Å². The summed E-state index contributed by atoms with van der Waals surface area (Å²) in [6, 6.07) is 5.65. The average Bonchev–Trinajstić information content (AvgIpc) is 2.92. The molecule has 3 aliphatic rings. The molecule has 1 atom stereocenters. The Morgan fingerprint density at radius 1 is 1.24 bits per heavy atom. The lowest BCUT2D eigenvalue weighted by molar-refractivity contribution is -0.413. The van der Waals surface area contributed by atoms with Crippen LogP contribution in [0.4, 0.5) is 0 Å². The normalized spacial score (nSPS) is 21.1. The molecule has 1 unspecified atom stereocenters. The van der Waals surface area contributed by atoms with E-state index in [2.05, 4.69) is 17.1 Å². The molecule has 2 aliphatic carbocycles. The number of rotatable bonds is 10. The summed E-state index contributed by atoms with van der Waals surface area (Å²) in [5.41, 5.74) is 2.29. The molecule has 1 aromatic carbocycles. The van der Waals surface area contributed by atoms with Gasteiger partial charge in [0, 0.05) is 23.4 Å². The fourth-order valence-electron chi connectivity index (χ4n) is 4.73. The molecule has 1 heterocycles. The predicted octanol–water partition coefficient (Wildman–Crippen LogP) is 5.23. The van der Waals surface area contributed by atoms with Gasteiger partial charge in [0.05, 0.1) is 13.7 Å². The number of nitrogens with one attached hydrogen (secondary N) is 1.